The molecular formula is C29H53NO3. The molecule has 0 heterocycles. The van der Waals surface area contributed by atoms with Crippen LogP contribution in [0.3, 0.4) is 0 Å². The summed E-state index contributed by atoms with van der Waals surface area (Å²) in [5.41, 5.74) is 0.384. The SMILES string of the molecule is CCCCCCCCCCC(CC)C(C)(C)C(CCCCC)Oc1ccc(C(=O)O)cc1.N. The van der Waals surface area contributed by atoms with Gasteiger partial charge in [0.2, 0.25) is 0 Å². The van der Waals surface area contributed by atoms with E-state index < -0.39 is 5.97 Å². The van der Waals surface area contributed by atoms with Crippen LogP contribution in [0, 0.1) is 11.3 Å². The average Bonchev–Trinajstić information content (AvgIpc) is 2.77. The molecule has 1 aromatic rings. The largest absolute Gasteiger partial charge is 0.490 e. The van der Waals surface area contributed by atoms with Gasteiger partial charge in [0.25, 0.3) is 0 Å². The quantitative estimate of drug-likeness (QED) is 0.200. The van der Waals surface area contributed by atoms with Crippen molar-refractivity contribution >= 4 is 5.97 Å². The molecule has 0 spiro atoms. The van der Waals surface area contributed by atoms with Crippen LogP contribution in [0.2, 0.25) is 0 Å². The van der Waals surface area contributed by atoms with Crippen molar-refractivity contribution in [2.45, 2.75) is 131 Å². The van der Waals surface area contributed by atoms with E-state index >= 15 is 0 Å². The third-order valence-electron chi connectivity index (χ3n) is 7.23. The lowest BCUT2D eigenvalue weighted by Crippen LogP contribution is -2.40. The number of ether oxygens (including phenoxy) is 1. The Hall–Kier alpha value is -1.55. The second-order valence-corrected chi connectivity index (χ2v) is 10.1. The summed E-state index contributed by atoms with van der Waals surface area (Å²) in [5.74, 6) is 0.520. The molecule has 0 amide bonds. The van der Waals surface area contributed by atoms with Crippen LogP contribution in [-0.2, 0) is 0 Å². The Bertz CT molecular complexity index is 612. The smallest absolute Gasteiger partial charge is 0.335 e. The van der Waals surface area contributed by atoms with Crippen molar-refractivity contribution in [3.63, 3.8) is 0 Å². The van der Waals surface area contributed by atoms with Crippen LogP contribution in [-0.4, -0.2) is 17.2 Å². The van der Waals surface area contributed by atoms with Crippen molar-refractivity contribution in [3.05, 3.63) is 29.8 Å². The van der Waals surface area contributed by atoms with E-state index in [4.69, 9.17) is 9.84 Å². The molecule has 2 atom stereocenters. The number of carboxylic acids is 1. The molecule has 0 aliphatic carbocycles. The van der Waals surface area contributed by atoms with Gasteiger partial charge in [-0.1, -0.05) is 105 Å². The Kier molecular flexibility index (Phi) is 17.0. The molecule has 0 fully saturated rings. The zero-order valence-electron chi connectivity index (χ0n) is 22.3. The van der Waals surface area contributed by atoms with Gasteiger partial charge in [0.1, 0.15) is 11.9 Å². The molecule has 0 bridgehead atoms. The standard InChI is InChI=1S/C29H50O3.H3N/c1-6-9-11-12-13-14-15-17-18-25(8-3)29(4,5)27(19-16-10-7-2)32-26-22-20-24(21-23-26)28(30)31;/h20-23,25,27H,6-19H2,1-5H3,(H,30,31);1H3. The summed E-state index contributed by atoms with van der Waals surface area (Å²) in [4.78, 5) is 11.2. The minimum Gasteiger partial charge on any atom is -0.490 e. The highest BCUT2D eigenvalue weighted by atomic mass is 16.5. The molecule has 1 rings (SSSR count). The van der Waals surface area contributed by atoms with Gasteiger partial charge in [-0.2, -0.15) is 0 Å². The fourth-order valence-electron chi connectivity index (χ4n) is 4.89. The lowest BCUT2D eigenvalue weighted by Gasteiger charge is -2.41. The van der Waals surface area contributed by atoms with E-state index in [0.717, 1.165) is 12.2 Å². The molecular weight excluding hydrogens is 410 g/mol. The molecule has 2 unspecified atom stereocenters. The number of carboxylic acid groups (broad SMARTS) is 1. The second-order valence-electron chi connectivity index (χ2n) is 10.1. The molecule has 0 aliphatic rings. The summed E-state index contributed by atoms with van der Waals surface area (Å²) in [6.45, 7) is 11.6. The van der Waals surface area contributed by atoms with Gasteiger partial charge in [0.05, 0.1) is 5.56 Å². The maximum atomic E-state index is 11.2. The van der Waals surface area contributed by atoms with E-state index in [2.05, 4.69) is 34.6 Å². The number of unbranched alkanes of at least 4 members (excludes halogenated alkanes) is 9. The fraction of sp³-hybridized carbons (Fsp3) is 0.759. The second kappa shape index (κ2) is 17.9. The first-order valence-electron chi connectivity index (χ1n) is 13.4. The number of aromatic carboxylic acids is 1. The molecule has 33 heavy (non-hydrogen) atoms. The number of hydrogen-bond donors (Lipinski definition) is 2. The molecule has 0 saturated heterocycles. The Morgan fingerprint density at radius 1 is 0.818 bits per heavy atom. The Morgan fingerprint density at radius 2 is 1.30 bits per heavy atom. The van der Waals surface area contributed by atoms with Crippen LogP contribution in [0.5, 0.6) is 5.75 Å². The van der Waals surface area contributed by atoms with Crippen molar-refractivity contribution in [1.29, 1.82) is 0 Å². The Balaban J connectivity index is 0.0000102. The summed E-state index contributed by atoms with van der Waals surface area (Å²) < 4.78 is 6.53. The van der Waals surface area contributed by atoms with Gasteiger partial charge >= 0.3 is 5.97 Å². The summed E-state index contributed by atoms with van der Waals surface area (Å²) in [5, 5.41) is 9.17. The fourth-order valence-corrected chi connectivity index (χ4v) is 4.89. The van der Waals surface area contributed by atoms with Gasteiger partial charge in [0, 0.05) is 5.41 Å². The van der Waals surface area contributed by atoms with Crippen molar-refractivity contribution in [3.8, 4) is 5.75 Å². The molecule has 4 nitrogen and oxygen atoms in total. The van der Waals surface area contributed by atoms with E-state index in [1.807, 2.05) is 12.1 Å². The highest BCUT2D eigenvalue weighted by Gasteiger charge is 2.37. The molecule has 192 valence electrons. The van der Waals surface area contributed by atoms with Gasteiger partial charge in [-0.25, -0.2) is 4.79 Å². The summed E-state index contributed by atoms with van der Waals surface area (Å²) in [6, 6.07) is 6.91. The molecule has 0 aromatic heterocycles. The third-order valence-corrected chi connectivity index (χ3v) is 7.23. The van der Waals surface area contributed by atoms with E-state index in [9.17, 15) is 4.79 Å². The van der Waals surface area contributed by atoms with Gasteiger partial charge in [-0.15, -0.1) is 0 Å². The summed E-state index contributed by atoms with van der Waals surface area (Å²) >= 11 is 0. The number of benzene rings is 1. The predicted octanol–water partition coefficient (Wildman–Crippen LogP) is 9.46. The first-order chi connectivity index (χ1) is 15.4. The van der Waals surface area contributed by atoms with Gasteiger partial charge < -0.3 is 16.0 Å². The van der Waals surface area contributed by atoms with E-state index in [-0.39, 0.29) is 17.7 Å². The lowest BCUT2D eigenvalue weighted by molar-refractivity contribution is 0.0119. The maximum Gasteiger partial charge on any atom is 0.335 e. The first-order valence-corrected chi connectivity index (χ1v) is 13.4. The topological polar surface area (TPSA) is 81.5 Å². The first kappa shape index (κ1) is 31.4. The van der Waals surface area contributed by atoms with Crippen LogP contribution in [0.15, 0.2) is 24.3 Å². The normalized spacial score (nSPS) is 13.2. The number of hydrogen-bond acceptors (Lipinski definition) is 3. The zero-order chi connectivity index (χ0) is 23.8. The molecule has 0 radical (unpaired) electrons. The minimum absolute atomic E-state index is 0. The molecule has 0 aliphatic heterocycles. The van der Waals surface area contributed by atoms with Crippen molar-refractivity contribution in [2.75, 3.05) is 0 Å². The van der Waals surface area contributed by atoms with E-state index in [1.54, 1.807) is 12.1 Å². The highest BCUT2D eigenvalue weighted by molar-refractivity contribution is 5.87. The Labute approximate surface area is 204 Å². The highest BCUT2D eigenvalue weighted by Crippen LogP contribution is 2.40. The Morgan fingerprint density at radius 3 is 1.82 bits per heavy atom. The van der Waals surface area contributed by atoms with E-state index in [0.29, 0.717) is 11.5 Å². The molecule has 4 N–H and O–H groups in total. The van der Waals surface area contributed by atoms with Crippen molar-refractivity contribution in [2.24, 2.45) is 11.3 Å². The monoisotopic (exact) mass is 463 g/mol. The lowest BCUT2D eigenvalue weighted by atomic mass is 9.69. The van der Waals surface area contributed by atoms with Gasteiger partial charge in [-0.05, 0) is 49.4 Å². The average molecular weight is 464 g/mol. The van der Waals surface area contributed by atoms with Crippen molar-refractivity contribution in [1.82, 2.24) is 6.15 Å². The van der Waals surface area contributed by atoms with Crippen LogP contribution in [0.1, 0.15) is 135 Å². The van der Waals surface area contributed by atoms with Crippen LogP contribution in [0.4, 0.5) is 0 Å². The van der Waals surface area contributed by atoms with Gasteiger partial charge in [0.15, 0.2) is 0 Å². The molecule has 0 saturated carbocycles. The zero-order valence-corrected chi connectivity index (χ0v) is 22.3. The summed E-state index contributed by atoms with van der Waals surface area (Å²) in [6.07, 6.45) is 18.1. The molecule has 1 aromatic carbocycles. The van der Waals surface area contributed by atoms with Crippen LogP contribution < -0.4 is 10.9 Å². The number of rotatable bonds is 19. The van der Waals surface area contributed by atoms with Crippen molar-refractivity contribution < 1.29 is 14.6 Å². The number of carbonyl (C=O) groups is 1. The van der Waals surface area contributed by atoms with Crippen LogP contribution >= 0.6 is 0 Å². The van der Waals surface area contributed by atoms with Crippen LogP contribution in [0.25, 0.3) is 0 Å². The van der Waals surface area contributed by atoms with Gasteiger partial charge in [-0.3, -0.25) is 0 Å². The minimum atomic E-state index is -0.896. The summed E-state index contributed by atoms with van der Waals surface area (Å²) in [7, 11) is 0. The predicted molar refractivity (Wildman–Crippen MR) is 142 cm³/mol. The molecule has 4 heteroatoms. The third kappa shape index (κ3) is 11.9. The maximum absolute atomic E-state index is 11.2. The van der Waals surface area contributed by atoms with E-state index in [1.165, 1.54) is 83.5 Å².